The highest BCUT2D eigenvalue weighted by atomic mass is 19.4. The first-order valence-electron chi connectivity index (χ1n) is 10.9. The van der Waals surface area contributed by atoms with E-state index in [2.05, 4.69) is 26.4 Å². The lowest BCUT2D eigenvalue weighted by Crippen LogP contribution is -2.53. The normalized spacial score (nSPS) is 13.2. The van der Waals surface area contributed by atoms with Crippen molar-refractivity contribution in [2.75, 3.05) is 6.54 Å². The Morgan fingerprint density at radius 3 is 1.82 bits per heavy atom. The zero-order valence-electron chi connectivity index (χ0n) is 20.1. The largest absolute Gasteiger partial charge is 0.573 e. The molecule has 40 heavy (non-hydrogen) atoms. The number of alkyl halides is 9. The van der Waals surface area contributed by atoms with Crippen LogP contribution in [0, 0.1) is 0 Å². The third-order valence-electron chi connectivity index (χ3n) is 4.81. The van der Waals surface area contributed by atoms with Gasteiger partial charge in [-0.25, -0.2) is 9.79 Å². The van der Waals surface area contributed by atoms with E-state index < -0.39 is 54.9 Å². The zero-order valence-corrected chi connectivity index (χ0v) is 20.1. The number of ether oxygens (including phenoxy) is 2. The number of amides is 2. The van der Waals surface area contributed by atoms with Gasteiger partial charge in [-0.2, -0.15) is 13.2 Å². The van der Waals surface area contributed by atoms with E-state index in [0.717, 1.165) is 54.7 Å². The van der Waals surface area contributed by atoms with Gasteiger partial charge in [0.1, 0.15) is 23.9 Å². The van der Waals surface area contributed by atoms with Crippen molar-refractivity contribution in [3.8, 4) is 11.5 Å². The Bertz CT molecular complexity index is 1180. The summed E-state index contributed by atoms with van der Waals surface area (Å²) in [5, 5.41) is 3.75. The van der Waals surface area contributed by atoms with Crippen molar-refractivity contribution in [2.24, 2.45) is 10.7 Å². The third kappa shape index (κ3) is 10.4. The van der Waals surface area contributed by atoms with Gasteiger partial charge in [0.15, 0.2) is 0 Å². The number of carbonyl (C=O) groups is 1. The molecule has 0 aliphatic heterocycles. The van der Waals surface area contributed by atoms with Gasteiger partial charge < -0.3 is 25.8 Å². The van der Waals surface area contributed by atoms with Crippen LogP contribution in [0.4, 0.5) is 44.3 Å². The van der Waals surface area contributed by atoms with Gasteiger partial charge in [-0.15, -0.1) is 26.3 Å². The Labute approximate surface area is 221 Å². The molecule has 0 aliphatic rings. The summed E-state index contributed by atoms with van der Waals surface area (Å²) in [5.74, 6) is -1.95. The van der Waals surface area contributed by atoms with Gasteiger partial charge in [-0.3, -0.25) is 0 Å². The Hall–Kier alpha value is -4.37. The van der Waals surface area contributed by atoms with Crippen molar-refractivity contribution in [2.45, 2.75) is 30.9 Å². The van der Waals surface area contributed by atoms with Gasteiger partial charge in [0, 0.05) is 12.6 Å². The molecule has 0 spiro atoms. The van der Waals surface area contributed by atoms with Crippen molar-refractivity contribution in [1.29, 1.82) is 0 Å². The molecule has 16 heteroatoms. The number of nitrogens with one attached hydrogen (secondary N) is 2. The van der Waals surface area contributed by atoms with Crippen LogP contribution < -0.4 is 25.8 Å². The first-order valence-corrected chi connectivity index (χ1v) is 10.9. The predicted octanol–water partition coefficient (Wildman–Crippen LogP) is 6.04. The molecule has 7 nitrogen and oxygen atoms in total. The zero-order chi connectivity index (χ0) is 30.2. The molecule has 2 aromatic rings. The first kappa shape index (κ1) is 31.8. The van der Waals surface area contributed by atoms with Crippen LogP contribution in [0.15, 0.2) is 78.5 Å². The molecule has 218 valence electrons. The summed E-state index contributed by atoms with van der Waals surface area (Å²) in [7, 11) is 0. The second-order valence-electron chi connectivity index (χ2n) is 7.85. The molecule has 0 saturated heterocycles. The Morgan fingerprint density at radius 2 is 1.40 bits per heavy atom. The maximum atomic E-state index is 12.9. The molecule has 2 amide bonds. The molecule has 2 rings (SSSR count). The molecule has 0 radical (unpaired) electrons. The minimum atomic E-state index is -5.16. The summed E-state index contributed by atoms with van der Waals surface area (Å²) in [4.78, 5) is 16.5. The fourth-order valence-electron chi connectivity index (χ4n) is 3.41. The van der Waals surface area contributed by atoms with Crippen molar-refractivity contribution >= 4 is 11.9 Å². The van der Waals surface area contributed by atoms with Crippen LogP contribution in [0.25, 0.3) is 0 Å². The highest BCUT2D eigenvalue weighted by molar-refractivity contribution is 5.85. The summed E-state index contributed by atoms with van der Waals surface area (Å²) in [5.41, 5.74) is 3.21. The lowest BCUT2D eigenvalue weighted by molar-refractivity contribution is -0.275. The molecule has 0 unspecified atom stereocenters. The maximum absolute atomic E-state index is 12.9. The number of rotatable bonds is 10. The summed E-state index contributed by atoms with van der Waals surface area (Å²) in [6, 6.07) is 6.26. The molecule has 0 fully saturated rings. The predicted molar refractivity (Wildman–Crippen MR) is 125 cm³/mol. The average molecular weight is 584 g/mol. The van der Waals surface area contributed by atoms with Gasteiger partial charge in [0.25, 0.3) is 0 Å². The van der Waals surface area contributed by atoms with Crippen molar-refractivity contribution < 1.29 is 53.8 Å². The minimum absolute atomic E-state index is 0.272. The number of urea groups is 1. The number of nitrogens with two attached hydrogens (primary N) is 1. The molecule has 0 atom stereocenters. The molecular formula is C24H21F9N4O3. The molecular weight excluding hydrogens is 563 g/mol. The minimum Gasteiger partial charge on any atom is -0.406 e. The van der Waals surface area contributed by atoms with Crippen LogP contribution >= 0.6 is 0 Å². The number of hydrogen-bond acceptors (Lipinski definition) is 4. The average Bonchev–Trinajstić information content (AvgIpc) is 2.80. The molecule has 0 aliphatic carbocycles. The highest BCUT2D eigenvalue weighted by Gasteiger charge is 2.40. The van der Waals surface area contributed by atoms with Crippen LogP contribution in [0.3, 0.4) is 0 Å². The fraction of sp³-hybridized carbons (Fsp3) is 0.250. The van der Waals surface area contributed by atoms with Crippen molar-refractivity contribution in [3.63, 3.8) is 0 Å². The number of allylic oxidation sites excluding steroid dienone is 2. The van der Waals surface area contributed by atoms with Gasteiger partial charge in [-0.1, -0.05) is 36.9 Å². The van der Waals surface area contributed by atoms with Gasteiger partial charge in [0.2, 0.25) is 0 Å². The first-order chi connectivity index (χ1) is 18.4. The molecule has 0 heterocycles. The molecule has 2 aromatic carbocycles. The standard InChI is InChI=1S/C24H21F9N4O3/c1-2-3-10-35-19(34)13-21(37-20(38)36-14-22(25,26)27,15-6-4-8-17(11-15)39-23(28,29)30)16-7-5-9-18(12-16)40-24(31,32)33/h2-12H,1,13-14H2,(H2,34,35)(H2,36,37,38)/b10-3-. The van der Waals surface area contributed by atoms with Gasteiger partial charge >= 0.3 is 24.9 Å². The third-order valence-corrected chi connectivity index (χ3v) is 4.81. The van der Waals surface area contributed by atoms with E-state index >= 15 is 0 Å². The number of carbonyl (C=O) groups excluding carboxylic acids is 1. The lowest BCUT2D eigenvalue weighted by Gasteiger charge is -2.36. The number of benzene rings is 2. The Kier molecular flexibility index (Phi) is 10.1. The van der Waals surface area contributed by atoms with Crippen LogP contribution in [0.2, 0.25) is 0 Å². The Morgan fingerprint density at radius 1 is 0.900 bits per heavy atom. The van der Waals surface area contributed by atoms with Gasteiger partial charge in [-0.05, 0) is 41.5 Å². The summed E-state index contributed by atoms with van der Waals surface area (Å²) in [6.07, 6.45) is -12.0. The summed E-state index contributed by atoms with van der Waals surface area (Å²) >= 11 is 0. The topological polar surface area (TPSA) is 98.0 Å². The van der Waals surface area contributed by atoms with Crippen molar-refractivity contribution in [3.05, 3.63) is 84.6 Å². The molecule has 0 bridgehead atoms. The molecule has 0 aromatic heterocycles. The quantitative estimate of drug-likeness (QED) is 0.137. The fourth-order valence-corrected chi connectivity index (χ4v) is 3.41. The van der Waals surface area contributed by atoms with Crippen molar-refractivity contribution in [1.82, 2.24) is 10.6 Å². The number of hydrogen-bond donors (Lipinski definition) is 3. The second-order valence-corrected chi connectivity index (χ2v) is 7.85. The molecule has 0 saturated carbocycles. The Balaban J connectivity index is 2.80. The number of halogens is 9. The summed E-state index contributed by atoms with van der Waals surface area (Å²) < 4.78 is 124. The van der Waals surface area contributed by atoms with E-state index in [1.165, 1.54) is 12.2 Å². The van der Waals surface area contributed by atoms with Crippen LogP contribution in [-0.2, 0) is 5.54 Å². The van der Waals surface area contributed by atoms with Crippen LogP contribution in [0.5, 0.6) is 11.5 Å². The number of aliphatic imine (C=N–C) groups is 1. The number of nitrogens with zero attached hydrogens (tertiary/aromatic N) is 1. The van der Waals surface area contributed by atoms with E-state index in [1.807, 2.05) is 0 Å². The van der Waals surface area contributed by atoms with Crippen LogP contribution in [0.1, 0.15) is 17.5 Å². The maximum Gasteiger partial charge on any atom is 0.573 e. The number of amidine groups is 1. The highest BCUT2D eigenvalue weighted by Crippen LogP contribution is 2.38. The SMILES string of the molecule is C=C/C=C\N=C(N)CC(NC(=O)NCC(F)(F)F)(c1cccc(OC(F)(F)F)c1)c1cccc(OC(F)(F)F)c1. The monoisotopic (exact) mass is 584 g/mol. The smallest absolute Gasteiger partial charge is 0.406 e. The van der Waals surface area contributed by atoms with E-state index in [4.69, 9.17) is 5.73 Å². The second kappa shape index (κ2) is 12.7. The lowest BCUT2D eigenvalue weighted by atomic mass is 9.79. The molecule has 4 N–H and O–H groups in total. The summed E-state index contributed by atoms with van der Waals surface area (Å²) in [6.45, 7) is 1.61. The van der Waals surface area contributed by atoms with E-state index in [9.17, 15) is 44.3 Å². The van der Waals surface area contributed by atoms with Crippen LogP contribution in [-0.4, -0.2) is 37.3 Å². The van der Waals surface area contributed by atoms with E-state index in [1.54, 1.807) is 5.32 Å². The van der Waals surface area contributed by atoms with E-state index in [0.29, 0.717) is 0 Å². The van der Waals surface area contributed by atoms with E-state index in [-0.39, 0.29) is 17.0 Å². The van der Waals surface area contributed by atoms with Gasteiger partial charge in [0.05, 0.1) is 5.54 Å².